The van der Waals surface area contributed by atoms with Crippen LogP contribution in [0.4, 0.5) is 10.1 Å². The first-order valence-electron chi connectivity index (χ1n) is 12.5. The monoisotopic (exact) mass is 516 g/mol. The summed E-state index contributed by atoms with van der Waals surface area (Å²) in [4.78, 5) is 38.7. The van der Waals surface area contributed by atoms with Crippen molar-refractivity contribution >= 4 is 34.5 Å². The molecule has 1 saturated heterocycles. The van der Waals surface area contributed by atoms with Gasteiger partial charge < -0.3 is 36.1 Å². The van der Waals surface area contributed by atoms with Gasteiger partial charge in [0.05, 0.1) is 11.2 Å². The summed E-state index contributed by atoms with van der Waals surface area (Å²) in [6.45, 7) is 3.31. The van der Waals surface area contributed by atoms with Crippen LogP contribution in [0.15, 0.2) is 17.1 Å². The molecule has 0 spiro atoms. The van der Waals surface area contributed by atoms with Crippen LogP contribution in [-0.4, -0.2) is 59.4 Å². The summed E-state index contributed by atoms with van der Waals surface area (Å²) >= 11 is 0. The molecule has 0 radical (unpaired) electrons. The molecule has 4 rings (SSSR count). The van der Waals surface area contributed by atoms with E-state index in [1.165, 1.54) is 6.20 Å². The van der Waals surface area contributed by atoms with Gasteiger partial charge in [-0.1, -0.05) is 0 Å². The number of piperidine rings is 1. The van der Waals surface area contributed by atoms with Crippen LogP contribution in [0.5, 0.6) is 0 Å². The van der Waals surface area contributed by atoms with Crippen molar-refractivity contribution in [1.82, 2.24) is 9.88 Å². The van der Waals surface area contributed by atoms with Crippen molar-refractivity contribution < 1.29 is 23.8 Å². The first-order valence-corrected chi connectivity index (χ1v) is 12.5. The summed E-state index contributed by atoms with van der Waals surface area (Å²) in [5, 5.41) is 19.3. The van der Waals surface area contributed by atoms with Crippen LogP contribution in [0.3, 0.4) is 0 Å². The van der Waals surface area contributed by atoms with E-state index in [4.69, 9.17) is 21.6 Å². The molecular formula is C25H33FN6O5. The number of aromatic carboxylic acids is 1. The van der Waals surface area contributed by atoms with Gasteiger partial charge in [-0.3, -0.25) is 15.0 Å². The van der Waals surface area contributed by atoms with E-state index in [2.05, 4.69) is 5.32 Å². The molecule has 0 amide bonds. The maximum Gasteiger partial charge on any atom is 0.341 e. The molecule has 2 aliphatic heterocycles. The van der Waals surface area contributed by atoms with E-state index >= 15 is 4.39 Å². The maximum absolute atomic E-state index is 15.5. The molecule has 200 valence electrons. The highest BCUT2D eigenvalue weighted by Gasteiger charge is 2.31. The average molecular weight is 517 g/mol. The molecule has 2 aliphatic rings. The number of carboxylic acid groups (broad SMARTS) is 1. The third kappa shape index (κ3) is 5.38. The predicted octanol–water partition coefficient (Wildman–Crippen LogP) is 1.45. The average Bonchev–Trinajstić information content (AvgIpc) is 2.85. The number of esters is 1. The lowest BCUT2D eigenvalue weighted by atomic mass is 9.93. The summed E-state index contributed by atoms with van der Waals surface area (Å²) in [6.07, 6.45) is 4.26. The van der Waals surface area contributed by atoms with Crippen LogP contribution < -0.4 is 27.1 Å². The maximum atomic E-state index is 15.5. The second-order valence-electron chi connectivity index (χ2n) is 9.77. The van der Waals surface area contributed by atoms with E-state index in [1.807, 2.05) is 11.8 Å². The van der Waals surface area contributed by atoms with E-state index in [1.54, 1.807) is 4.57 Å². The second-order valence-corrected chi connectivity index (χ2v) is 9.77. The quantitative estimate of drug-likeness (QED) is 0.150. The van der Waals surface area contributed by atoms with Crippen molar-refractivity contribution in [1.29, 1.82) is 5.41 Å². The van der Waals surface area contributed by atoms with Crippen LogP contribution in [-0.2, 0) is 16.0 Å². The minimum atomic E-state index is -1.33. The Labute approximate surface area is 213 Å². The molecule has 1 aromatic carbocycles. The number of rotatable bonds is 8. The third-order valence-corrected chi connectivity index (χ3v) is 7.21. The van der Waals surface area contributed by atoms with Gasteiger partial charge >= 0.3 is 11.9 Å². The zero-order valence-corrected chi connectivity index (χ0v) is 20.8. The molecule has 11 nitrogen and oxygen atoms in total. The predicted molar refractivity (Wildman–Crippen MR) is 137 cm³/mol. The Morgan fingerprint density at radius 3 is 2.68 bits per heavy atom. The topological polar surface area (TPSA) is 177 Å². The number of carbonyl (C=O) groups is 2. The Morgan fingerprint density at radius 1 is 1.32 bits per heavy atom. The summed E-state index contributed by atoms with van der Waals surface area (Å²) in [7, 11) is 0. The van der Waals surface area contributed by atoms with E-state index in [0.717, 1.165) is 6.07 Å². The highest BCUT2D eigenvalue weighted by molar-refractivity contribution is 5.95. The Bertz CT molecular complexity index is 1290. The normalized spacial score (nSPS) is 18.5. The molecule has 7 N–H and O–H groups in total. The highest BCUT2D eigenvalue weighted by Crippen LogP contribution is 2.39. The lowest BCUT2D eigenvalue weighted by molar-refractivity contribution is -0.151. The number of carboxylic acids is 1. The van der Waals surface area contributed by atoms with E-state index in [9.17, 15) is 19.5 Å². The van der Waals surface area contributed by atoms with Crippen molar-refractivity contribution in [3.8, 4) is 0 Å². The zero-order chi connectivity index (χ0) is 26.9. The van der Waals surface area contributed by atoms with Crippen molar-refractivity contribution in [2.75, 3.05) is 24.5 Å². The number of benzene rings is 1. The van der Waals surface area contributed by atoms with Crippen LogP contribution in [0.1, 0.15) is 61.0 Å². The van der Waals surface area contributed by atoms with Gasteiger partial charge in [0, 0.05) is 55.7 Å². The summed E-state index contributed by atoms with van der Waals surface area (Å²) < 4.78 is 22.8. The molecule has 12 heteroatoms. The number of nitrogens with one attached hydrogen (secondary N) is 2. The lowest BCUT2D eigenvalue weighted by Gasteiger charge is -2.37. The molecular weight excluding hydrogens is 483 g/mol. The molecule has 1 aromatic heterocycles. The number of pyridine rings is 1. The van der Waals surface area contributed by atoms with Gasteiger partial charge in [-0.05, 0) is 38.7 Å². The highest BCUT2D eigenvalue weighted by atomic mass is 19.1. The van der Waals surface area contributed by atoms with Crippen LogP contribution in [0, 0.1) is 11.2 Å². The number of hydrogen-bond acceptors (Lipinski definition) is 7. The van der Waals surface area contributed by atoms with Gasteiger partial charge in [-0.2, -0.15) is 0 Å². The fourth-order valence-corrected chi connectivity index (χ4v) is 5.24. The molecule has 1 fully saturated rings. The van der Waals surface area contributed by atoms with Gasteiger partial charge in [0.2, 0.25) is 5.43 Å². The van der Waals surface area contributed by atoms with Gasteiger partial charge in [0.25, 0.3) is 0 Å². The van der Waals surface area contributed by atoms with Crippen molar-refractivity contribution in [3.63, 3.8) is 0 Å². The SMILES string of the molecule is CC1CCc2c(N3CCC(OC(=O)[C@H](N)CCCNC(=N)N)CC3)c(F)cc3c(=O)c(C(=O)O)cn1c23. The molecule has 0 bridgehead atoms. The minimum absolute atomic E-state index is 0.0281. The van der Waals surface area contributed by atoms with Crippen LogP contribution in [0.2, 0.25) is 0 Å². The van der Waals surface area contributed by atoms with Gasteiger partial charge in [-0.15, -0.1) is 0 Å². The summed E-state index contributed by atoms with van der Waals surface area (Å²) in [5.41, 5.74) is 11.8. The number of aryl methyl sites for hydroxylation is 1. The Kier molecular flexibility index (Phi) is 7.67. The van der Waals surface area contributed by atoms with Crippen molar-refractivity contribution in [2.45, 2.75) is 63.6 Å². The van der Waals surface area contributed by atoms with E-state index in [0.29, 0.717) is 74.9 Å². The van der Waals surface area contributed by atoms with E-state index < -0.39 is 29.2 Å². The molecule has 3 heterocycles. The number of nitrogens with two attached hydrogens (primary N) is 2. The fourth-order valence-electron chi connectivity index (χ4n) is 5.24. The molecule has 2 aromatic rings. The number of ether oxygens (including phenoxy) is 1. The van der Waals surface area contributed by atoms with Gasteiger partial charge in [0.15, 0.2) is 5.96 Å². The molecule has 37 heavy (non-hydrogen) atoms. The number of carbonyl (C=O) groups excluding carboxylic acids is 1. The van der Waals surface area contributed by atoms with Gasteiger partial charge in [0.1, 0.15) is 23.5 Å². The lowest BCUT2D eigenvalue weighted by Crippen LogP contribution is -2.42. The third-order valence-electron chi connectivity index (χ3n) is 7.21. The summed E-state index contributed by atoms with van der Waals surface area (Å²) in [6, 6.07) is 0.354. The number of nitrogens with zero attached hydrogens (tertiary/aromatic N) is 2. The molecule has 0 saturated carbocycles. The van der Waals surface area contributed by atoms with Gasteiger partial charge in [-0.25, -0.2) is 9.18 Å². The standard InChI is InChI=1S/C25H33FN6O5/c1-13-4-5-15-20-16(22(33)17(23(34)35)12-32(13)20)11-18(26)21(15)31-9-6-14(7-10-31)37-24(36)19(27)3-2-8-30-25(28)29/h11-14,19H,2-10,27H2,1H3,(H,34,35)(H4,28,29,30)/t13?,19-/m1/s1. The molecule has 1 unspecified atom stereocenters. The fraction of sp³-hybridized carbons (Fsp3) is 0.520. The van der Waals surface area contributed by atoms with Crippen LogP contribution >= 0.6 is 0 Å². The largest absolute Gasteiger partial charge is 0.477 e. The number of aromatic nitrogens is 1. The number of guanidine groups is 1. The molecule has 2 atom stereocenters. The Balaban J connectivity index is 1.48. The van der Waals surface area contributed by atoms with E-state index in [-0.39, 0.29) is 29.1 Å². The number of hydrogen-bond donors (Lipinski definition) is 5. The second kappa shape index (κ2) is 10.8. The first kappa shape index (κ1) is 26.4. The van der Waals surface area contributed by atoms with Crippen LogP contribution in [0.25, 0.3) is 10.9 Å². The first-order chi connectivity index (χ1) is 17.6. The van der Waals surface area contributed by atoms with Crippen molar-refractivity contribution in [3.05, 3.63) is 39.4 Å². The Morgan fingerprint density at radius 2 is 2.03 bits per heavy atom. The Hall–Kier alpha value is -3.67. The summed E-state index contributed by atoms with van der Waals surface area (Å²) in [5.74, 6) is -2.51. The smallest absolute Gasteiger partial charge is 0.341 e. The number of halogens is 1. The number of anilines is 1. The molecule has 0 aliphatic carbocycles. The van der Waals surface area contributed by atoms with Crippen molar-refractivity contribution in [2.24, 2.45) is 11.5 Å². The minimum Gasteiger partial charge on any atom is -0.477 e. The zero-order valence-electron chi connectivity index (χ0n) is 20.8.